The van der Waals surface area contributed by atoms with Gasteiger partial charge in [0.05, 0.1) is 22.3 Å². The first-order valence-corrected chi connectivity index (χ1v) is 9.46. The van der Waals surface area contributed by atoms with Crippen LogP contribution in [0.2, 0.25) is 0 Å². The van der Waals surface area contributed by atoms with E-state index in [0.717, 1.165) is 0 Å². The van der Waals surface area contributed by atoms with Crippen LogP contribution in [0.15, 0.2) is 59.7 Å². The Labute approximate surface area is 181 Å². The first-order valence-electron chi connectivity index (χ1n) is 9.46. The van der Waals surface area contributed by atoms with Crippen molar-refractivity contribution in [1.82, 2.24) is 0 Å². The molecule has 0 radical (unpaired) electrons. The van der Waals surface area contributed by atoms with Crippen LogP contribution in [0.3, 0.4) is 0 Å². The number of fused-ring (bicyclic) bond motifs is 2. The maximum atomic E-state index is 12.9. The predicted molar refractivity (Wildman–Crippen MR) is 109 cm³/mol. The molecule has 0 N–H and O–H groups in total. The third-order valence-electron chi connectivity index (χ3n) is 5.12. The second-order valence-electron chi connectivity index (χ2n) is 7.10. The number of rotatable bonds is 5. The molecule has 8 nitrogen and oxygen atoms in total. The van der Waals surface area contributed by atoms with E-state index in [1.54, 1.807) is 6.92 Å². The Morgan fingerprint density at radius 2 is 1.12 bits per heavy atom. The van der Waals surface area contributed by atoms with Crippen molar-refractivity contribution in [1.29, 1.82) is 0 Å². The molecule has 0 unspecified atom stereocenters. The molecule has 2 heterocycles. The zero-order valence-electron chi connectivity index (χ0n) is 16.9. The van der Waals surface area contributed by atoms with Crippen molar-refractivity contribution in [3.63, 3.8) is 0 Å². The fraction of sp³-hybridized carbons (Fsp3) is 0.0833. The number of carbonyl (C=O) groups is 6. The molecule has 0 saturated carbocycles. The van der Waals surface area contributed by atoms with Gasteiger partial charge in [0.15, 0.2) is 11.6 Å². The fourth-order valence-corrected chi connectivity index (χ4v) is 3.43. The summed E-state index contributed by atoms with van der Waals surface area (Å²) in [6.07, 6.45) is 2.90. The van der Waals surface area contributed by atoms with Crippen LogP contribution in [-0.2, 0) is 9.47 Å². The van der Waals surface area contributed by atoms with Crippen molar-refractivity contribution >= 4 is 35.4 Å². The third kappa shape index (κ3) is 3.37. The van der Waals surface area contributed by atoms with Crippen molar-refractivity contribution in [2.75, 3.05) is 0 Å². The van der Waals surface area contributed by atoms with E-state index < -0.39 is 35.4 Å². The lowest BCUT2D eigenvalue weighted by molar-refractivity contribution is 0.0425. The number of hydrogen-bond donors (Lipinski definition) is 0. The molecule has 0 bridgehead atoms. The SMILES string of the molecule is C/C=C(\C=C(/C)C(=O)c1ccc2c(c1)C(=O)OC2=O)C(=O)c1ccc2c(c1)C(=O)OC2=O. The molecule has 2 aromatic rings. The van der Waals surface area contributed by atoms with Gasteiger partial charge >= 0.3 is 23.9 Å². The summed E-state index contributed by atoms with van der Waals surface area (Å²) in [5.41, 5.74) is 0.895. The minimum Gasteiger partial charge on any atom is -0.386 e. The highest BCUT2D eigenvalue weighted by atomic mass is 16.6. The van der Waals surface area contributed by atoms with E-state index in [9.17, 15) is 28.8 Å². The quantitative estimate of drug-likeness (QED) is 0.233. The standard InChI is InChI=1S/C24H14O8/c1-3-12(20(26)14-5-7-16-18(10-14)24(30)32-22(16)28)8-11(2)19(25)13-4-6-15-17(9-13)23(29)31-21(15)27/h3-10H,1-2H3/b11-8+,12-3+. The lowest BCUT2D eigenvalue weighted by atomic mass is 9.95. The molecule has 2 aromatic carbocycles. The molecular weight excluding hydrogens is 416 g/mol. The lowest BCUT2D eigenvalue weighted by Gasteiger charge is -2.06. The van der Waals surface area contributed by atoms with Crippen LogP contribution in [0.4, 0.5) is 0 Å². The summed E-state index contributed by atoms with van der Waals surface area (Å²) in [7, 11) is 0. The molecule has 0 aromatic heterocycles. The van der Waals surface area contributed by atoms with Gasteiger partial charge in [0.25, 0.3) is 0 Å². The Morgan fingerprint density at radius 3 is 1.59 bits per heavy atom. The van der Waals surface area contributed by atoms with Crippen LogP contribution in [-0.4, -0.2) is 35.4 Å². The van der Waals surface area contributed by atoms with E-state index in [1.807, 2.05) is 0 Å². The number of carbonyl (C=O) groups excluding carboxylic acids is 6. The zero-order valence-corrected chi connectivity index (χ0v) is 16.9. The van der Waals surface area contributed by atoms with E-state index in [4.69, 9.17) is 0 Å². The van der Waals surface area contributed by atoms with Crippen LogP contribution in [0.25, 0.3) is 0 Å². The Morgan fingerprint density at radius 1 is 0.688 bits per heavy atom. The van der Waals surface area contributed by atoms with Gasteiger partial charge in [-0.25, -0.2) is 19.2 Å². The molecule has 32 heavy (non-hydrogen) atoms. The number of hydrogen-bond acceptors (Lipinski definition) is 8. The van der Waals surface area contributed by atoms with E-state index in [2.05, 4.69) is 9.47 Å². The first kappa shape index (κ1) is 20.8. The molecule has 0 aliphatic carbocycles. The maximum absolute atomic E-state index is 12.9. The number of ketones is 2. The molecule has 2 aliphatic heterocycles. The molecule has 0 fully saturated rings. The number of Topliss-reactive ketones (excluding diaryl/α,β-unsaturated/α-hetero) is 2. The van der Waals surface area contributed by atoms with Crippen LogP contribution < -0.4 is 0 Å². The molecule has 0 spiro atoms. The molecule has 8 heteroatoms. The highest BCUT2D eigenvalue weighted by Crippen LogP contribution is 2.25. The lowest BCUT2D eigenvalue weighted by Crippen LogP contribution is -2.07. The number of ether oxygens (including phenoxy) is 2. The Hall–Kier alpha value is -4.46. The van der Waals surface area contributed by atoms with Crippen molar-refractivity contribution in [2.45, 2.75) is 13.8 Å². The average Bonchev–Trinajstić information content (AvgIpc) is 3.24. The summed E-state index contributed by atoms with van der Waals surface area (Å²) in [5, 5.41) is 0. The van der Waals surface area contributed by atoms with Crippen molar-refractivity contribution in [2.24, 2.45) is 0 Å². The Bertz CT molecular complexity index is 1340. The zero-order chi connectivity index (χ0) is 23.2. The van der Waals surface area contributed by atoms with E-state index in [-0.39, 0.29) is 44.5 Å². The first-order chi connectivity index (χ1) is 15.2. The molecule has 158 valence electrons. The third-order valence-corrected chi connectivity index (χ3v) is 5.12. The summed E-state index contributed by atoms with van der Waals surface area (Å²) in [4.78, 5) is 72.4. The van der Waals surface area contributed by atoms with Gasteiger partial charge < -0.3 is 9.47 Å². The van der Waals surface area contributed by atoms with Crippen LogP contribution in [0, 0.1) is 0 Å². The normalized spacial score (nSPS) is 15.3. The van der Waals surface area contributed by atoms with E-state index in [1.165, 1.54) is 55.5 Å². The molecule has 0 atom stereocenters. The van der Waals surface area contributed by atoms with Crippen molar-refractivity contribution in [3.8, 4) is 0 Å². The number of cyclic esters (lactones) is 4. The van der Waals surface area contributed by atoms with Crippen molar-refractivity contribution < 1.29 is 38.2 Å². The molecule has 4 rings (SSSR count). The number of allylic oxidation sites excluding steroid dienone is 4. The number of benzene rings is 2. The van der Waals surface area contributed by atoms with Gasteiger partial charge in [0.1, 0.15) is 0 Å². The van der Waals surface area contributed by atoms with Gasteiger partial charge in [-0.3, -0.25) is 9.59 Å². The van der Waals surface area contributed by atoms with E-state index >= 15 is 0 Å². The van der Waals surface area contributed by atoms with Crippen molar-refractivity contribution in [3.05, 3.63) is 93.1 Å². The topological polar surface area (TPSA) is 121 Å². The molecule has 0 saturated heterocycles. The second-order valence-corrected chi connectivity index (χ2v) is 7.10. The Balaban J connectivity index is 1.61. The minimum atomic E-state index is -0.822. The van der Waals surface area contributed by atoms with Gasteiger partial charge in [-0.2, -0.15) is 0 Å². The van der Waals surface area contributed by atoms with Gasteiger partial charge in [0, 0.05) is 16.7 Å². The highest BCUT2D eigenvalue weighted by molar-refractivity contribution is 6.19. The molecular formula is C24H14O8. The average molecular weight is 430 g/mol. The number of esters is 4. The summed E-state index contributed by atoms with van der Waals surface area (Å²) in [6.45, 7) is 3.12. The summed E-state index contributed by atoms with van der Waals surface area (Å²) < 4.78 is 9.05. The monoisotopic (exact) mass is 430 g/mol. The molecule has 2 aliphatic rings. The van der Waals surface area contributed by atoms with Crippen LogP contribution in [0.1, 0.15) is 76.0 Å². The summed E-state index contributed by atoms with van der Waals surface area (Å²) in [6, 6.07) is 8.05. The van der Waals surface area contributed by atoms with Crippen LogP contribution in [0.5, 0.6) is 0 Å². The summed E-state index contributed by atoms with van der Waals surface area (Å²) in [5.74, 6) is -4.08. The highest BCUT2D eigenvalue weighted by Gasteiger charge is 2.31. The predicted octanol–water partition coefficient (Wildman–Crippen LogP) is 3.27. The minimum absolute atomic E-state index is 0.00709. The molecule has 0 amide bonds. The second kappa shape index (κ2) is 7.66. The van der Waals surface area contributed by atoms with Gasteiger partial charge in [0.2, 0.25) is 0 Å². The van der Waals surface area contributed by atoms with E-state index in [0.29, 0.717) is 0 Å². The van der Waals surface area contributed by atoms with Crippen LogP contribution >= 0.6 is 0 Å². The fourth-order valence-electron chi connectivity index (χ4n) is 3.43. The van der Waals surface area contributed by atoms with Gasteiger partial charge in [-0.1, -0.05) is 18.2 Å². The summed E-state index contributed by atoms with van der Waals surface area (Å²) >= 11 is 0. The van der Waals surface area contributed by atoms with Gasteiger partial charge in [-0.05, 0) is 49.8 Å². The largest absolute Gasteiger partial charge is 0.386 e. The van der Waals surface area contributed by atoms with Gasteiger partial charge in [-0.15, -0.1) is 0 Å². The Kier molecular flexibility index (Phi) is 4.98. The maximum Gasteiger partial charge on any atom is 0.346 e. The smallest absolute Gasteiger partial charge is 0.346 e.